The molecule has 0 aliphatic rings. The van der Waals surface area contributed by atoms with Gasteiger partial charge in [0.15, 0.2) is 0 Å². The van der Waals surface area contributed by atoms with Crippen LogP contribution in [0.2, 0.25) is 0 Å². The van der Waals surface area contributed by atoms with Gasteiger partial charge in [-0.05, 0) is 37.6 Å². The minimum Gasteiger partial charge on any atom is -0.481 e. The maximum atomic E-state index is 13.0. The van der Waals surface area contributed by atoms with Crippen LogP contribution in [0, 0.1) is 12.7 Å². The highest BCUT2D eigenvalue weighted by Gasteiger charge is 2.12. The van der Waals surface area contributed by atoms with E-state index >= 15 is 0 Å². The first-order valence-electron chi connectivity index (χ1n) is 5.17. The number of halogens is 1. The lowest BCUT2D eigenvalue weighted by Crippen LogP contribution is -2.30. The highest BCUT2D eigenvalue weighted by Crippen LogP contribution is 2.12. The molecule has 1 aromatic rings. The van der Waals surface area contributed by atoms with Gasteiger partial charge in [-0.1, -0.05) is 12.1 Å². The topological polar surface area (TPSA) is 49.3 Å². The summed E-state index contributed by atoms with van der Waals surface area (Å²) in [6.45, 7) is 1.70. The Bertz CT molecular complexity index is 379. The van der Waals surface area contributed by atoms with E-state index in [1.807, 2.05) is 0 Å². The Morgan fingerprint density at radius 1 is 1.56 bits per heavy atom. The van der Waals surface area contributed by atoms with Crippen molar-refractivity contribution in [2.75, 3.05) is 7.05 Å². The third kappa shape index (κ3) is 3.62. The molecular formula is C12H16FNO2. The van der Waals surface area contributed by atoms with Crippen LogP contribution in [0.3, 0.4) is 0 Å². The summed E-state index contributed by atoms with van der Waals surface area (Å²) in [7, 11) is 1.73. The number of hydrogen-bond acceptors (Lipinski definition) is 2. The van der Waals surface area contributed by atoms with Crippen molar-refractivity contribution in [3.8, 4) is 0 Å². The second kappa shape index (κ2) is 5.61. The maximum Gasteiger partial charge on any atom is 0.304 e. The summed E-state index contributed by atoms with van der Waals surface area (Å²) in [5.74, 6) is -1.07. The molecule has 3 nitrogen and oxygen atoms in total. The van der Waals surface area contributed by atoms with Gasteiger partial charge in [0.25, 0.3) is 0 Å². The Hall–Kier alpha value is -1.42. The maximum absolute atomic E-state index is 13.0. The van der Waals surface area contributed by atoms with Crippen LogP contribution >= 0.6 is 0 Å². The molecule has 0 aliphatic heterocycles. The van der Waals surface area contributed by atoms with Crippen molar-refractivity contribution in [3.05, 3.63) is 35.1 Å². The standard InChI is InChI=1S/C12H16FNO2/c1-8-5-9(3-4-11(8)13)6-10(14-2)7-12(15)16/h3-5,10,14H,6-7H2,1-2H3,(H,15,16). The van der Waals surface area contributed by atoms with Crippen molar-refractivity contribution < 1.29 is 14.3 Å². The number of carboxylic acid groups (broad SMARTS) is 1. The molecule has 4 heteroatoms. The molecule has 0 heterocycles. The van der Waals surface area contributed by atoms with Gasteiger partial charge in [0.05, 0.1) is 6.42 Å². The number of carbonyl (C=O) groups is 1. The molecule has 2 N–H and O–H groups in total. The summed E-state index contributed by atoms with van der Waals surface area (Å²) in [6, 6.07) is 4.73. The van der Waals surface area contributed by atoms with Crippen LogP contribution in [-0.2, 0) is 11.2 Å². The molecule has 0 amide bonds. The van der Waals surface area contributed by atoms with Crippen LogP contribution in [0.15, 0.2) is 18.2 Å². The van der Waals surface area contributed by atoms with Gasteiger partial charge in [-0.15, -0.1) is 0 Å². The Morgan fingerprint density at radius 2 is 2.25 bits per heavy atom. The van der Waals surface area contributed by atoms with Gasteiger partial charge in [-0.25, -0.2) is 4.39 Å². The normalized spacial score (nSPS) is 12.4. The molecule has 1 atom stereocenters. The lowest BCUT2D eigenvalue weighted by atomic mass is 10.0. The summed E-state index contributed by atoms with van der Waals surface area (Å²) in [6.07, 6.45) is 0.650. The Labute approximate surface area is 94.3 Å². The predicted octanol–water partition coefficient (Wildman–Crippen LogP) is 1.74. The first kappa shape index (κ1) is 12.6. The van der Waals surface area contributed by atoms with Crippen molar-refractivity contribution >= 4 is 5.97 Å². The molecule has 0 saturated heterocycles. The lowest BCUT2D eigenvalue weighted by molar-refractivity contribution is -0.137. The van der Waals surface area contributed by atoms with Crippen LogP contribution in [0.4, 0.5) is 4.39 Å². The first-order chi connectivity index (χ1) is 7.52. The second-order valence-corrected chi connectivity index (χ2v) is 3.87. The van der Waals surface area contributed by atoms with E-state index in [1.54, 1.807) is 26.1 Å². The summed E-state index contributed by atoms with van der Waals surface area (Å²) >= 11 is 0. The molecule has 0 bridgehead atoms. The molecule has 0 fully saturated rings. The van der Waals surface area contributed by atoms with E-state index in [0.29, 0.717) is 12.0 Å². The zero-order valence-electron chi connectivity index (χ0n) is 9.46. The Morgan fingerprint density at radius 3 is 2.75 bits per heavy atom. The largest absolute Gasteiger partial charge is 0.481 e. The molecular weight excluding hydrogens is 209 g/mol. The van der Waals surface area contributed by atoms with Crippen LogP contribution < -0.4 is 5.32 Å². The zero-order valence-corrected chi connectivity index (χ0v) is 9.46. The molecule has 0 aliphatic carbocycles. The summed E-state index contributed by atoms with van der Waals surface area (Å²) in [5, 5.41) is 11.6. The minimum absolute atomic E-state index is 0.0624. The van der Waals surface area contributed by atoms with E-state index in [0.717, 1.165) is 5.56 Å². The molecule has 1 rings (SSSR count). The van der Waals surface area contributed by atoms with Crippen LogP contribution in [0.1, 0.15) is 17.5 Å². The minimum atomic E-state index is -0.835. The van der Waals surface area contributed by atoms with Crippen molar-refractivity contribution in [1.29, 1.82) is 0 Å². The molecule has 0 spiro atoms. The van der Waals surface area contributed by atoms with E-state index in [9.17, 15) is 9.18 Å². The Balaban J connectivity index is 2.70. The monoisotopic (exact) mass is 225 g/mol. The van der Waals surface area contributed by atoms with E-state index in [1.165, 1.54) is 6.07 Å². The van der Waals surface area contributed by atoms with Gasteiger partial charge >= 0.3 is 5.97 Å². The Kier molecular flexibility index (Phi) is 4.43. The van der Waals surface area contributed by atoms with E-state index < -0.39 is 5.97 Å². The number of nitrogens with one attached hydrogen (secondary N) is 1. The number of aryl methyl sites for hydroxylation is 1. The third-order valence-electron chi connectivity index (χ3n) is 2.53. The van der Waals surface area contributed by atoms with E-state index in [-0.39, 0.29) is 18.3 Å². The quantitative estimate of drug-likeness (QED) is 0.802. The SMILES string of the molecule is CNC(CC(=O)O)Cc1ccc(F)c(C)c1. The van der Waals surface area contributed by atoms with Crippen molar-refractivity contribution in [1.82, 2.24) is 5.32 Å². The van der Waals surface area contributed by atoms with Crippen molar-refractivity contribution in [2.45, 2.75) is 25.8 Å². The average molecular weight is 225 g/mol. The lowest BCUT2D eigenvalue weighted by Gasteiger charge is -2.14. The molecule has 1 aromatic carbocycles. The number of benzene rings is 1. The molecule has 0 radical (unpaired) electrons. The molecule has 16 heavy (non-hydrogen) atoms. The molecule has 0 aromatic heterocycles. The summed E-state index contributed by atoms with van der Waals surface area (Å²) < 4.78 is 13.0. The van der Waals surface area contributed by atoms with Gasteiger partial charge in [-0.3, -0.25) is 4.79 Å². The van der Waals surface area contributed by atoms with Gasteiger partial charge < -0.3 is 10.4 Å². The number of carboxylic acids is 1. The van der Waals surface area contributed by atoms with E-state index in [2.05, 4.69) is 5.32 Å². The highest BCUT2D eigenvalue weighted by atomic mass is 19.1. The van der Waals surface area contributed by atoms with Gasteiger partial charge in [0, 0.05) is 6.04 Å². The van der Waals surface area contributed by atoms with Gasteiger partial charge in [-0.2, -0.15) is 0 Å². The fourth-order valence-electron chi connectivity index (χ4n) is 1.61. The number of likely N-dealkylation sites (N-methyl/N-ethyl adjacent to an activating group) is 1. The number of rotatable bonds is 5. The third-order valence-corrected chi connectivity index (χ3v) is 2.53. The van der Waals surface area contributed by atoms with Crippen LogP contribution in [0.25, 0.3) is 0 Å². The predicted molar refractivity (Wildman–Crippen MR) is 59.9 cm³/mol. The first-order valence-corrected chi connectivity index (χ1v) is 5.17. The van der Waals surface area contributed by atoms with Gasteiger partial charge in [0.2, 0.25) is 0 Å². The molecule has 0 saturated carbocycles. The van der Waals surface area contributed by atoms with E-state index in [4.69, 9.17) is 5.11 Å². The molecule has 88 valence electrons. The average Bonchev–Trinajstić information content (AvgIpc) is 2.22. The molecule has 1 unspecified atom stereocenters. The number of hydrogen-bond donors (Lipinski definition) is 2. The van der Waals surface area contributed by atoms with Crippen LogP contribution in [0.5, 0.6) is 0 Å². The second-order valence-electron chi connectivity index (χ2n) is 3.87. The number of aliphatic carboxylic acids is 1. The smallest absolute Gasteiger partial charge is 0.304 e. The fraction of sp³-hybridized carbons (Fsp3) is 0.417. The highest BCUT2D eigenvalue weighted by molar-refractivity contribution is 5.67. The zero-order chi connectivity index (χ0) is 12.1. The van der Waals surface area contributed by atoms with Crippen LogP contribution in [-0.4, -0.2) is 24.2 Å². The van der Waals surface area contributed by atoms with Gasteiger partial charge in [0.1, 0.15) is 5.82 Å². The summed E-state index contributed by atoms with van der Waals surface area (Å²) in [5.41, 5.74) is 1.53. The van der Waals surface area contributed by atoms with Crippen molar-refractivity contribution in [2.24, 2.45) is 0 Å². The van der Waals surface area contributed by atoms with Crippen molar-refractivity contribution in [3.63, 3.8) is 0 Å². The fourth-order valence-corrected chi connectivity index (χ4v) is 1.61. The summed E-state index contributed by atoms with van der Waals surface area (Å²) in [4.78, 5) is 10.6.